The second kappa shape index (κ2) is 7.92. The van der Waals surface area contributed by atoms with Crippen LogP contribution in [0.3, 0.4) is 0 Å². The van der Waals surface area contributed by atoms with Crippen molar-refractivity contribution in [1.29, 1.82) is 0 Å². The number of Topliss-reactive ketones (excluding diaryl/α,β-unsaturated/α-hetero) is 1. The molecule has 0 N–H and O–H groups in total. The second-order valence-corrected chi connectivity index (χ2v) is 5.00. The molecule has 5 nitrogen and oxygen atoms in total. The van der Waals surface area contributed by atoms with E-state index in [1.807, 2.05) is 0 Å². The zero-order chi connectivity index (χ0) is 17.7. The molecule has 1 rings (SSSR count). The van der Waals surface area contributed by atoms with Gasteiger partial charge in [-0.2, -0.15) is 4.39 Å². The lowest BCUT2D eigenvalue weighted by atomic mass is 10.0. The molecule has 0 spiro atoms. The fourth-order valence-corrected chi connectivity index (χ4v) is 2.04. The number of ether oxygens (including phenoxy) is 2. The Morgan fingerprint density at radius 1 is 1.35 bits per heavy atom. The van der Waals surface area contributed by atoms with Crippen LogP contribution >= 0.6 is 11.6 Å². The lowest BCUT2D eigenvalue weighted by Gasteiger charge is -2.13. The van der Waals surface area contributed by atoms with Gasteiger partial charge in [0.25, 0.3) is 0 Å². The number of hydrogen-bond donors (Lipinski definition) is 0. The molecule has 0 aliphatic heterocycles. The minimum atomic E-state index is -1.32. The highest BCUT2D eigenvalue weighted by molar-refractivity contribution is 6.38. The third-order valence-corrected chi connectivity index (χ3v) is 3.07. The maximum atomic E-state index is 13.6. The molecule has 0 saturated heterocycles. The van der Waals surface area contributed by atoms with E-state index in [4.69, 9.17) is 16.3 Å². The standard InChI is InChI=1S/C15H16ClF2NO4/c1-5-23-15(21)9(7-19(2)3)13(20)8-6-10(17)12(18)14(22-4)11(8)16/h6-7H,5H2,1-4H3/b9-7+. The molecule has 8 heteroatoms. The molecule has 0 bridgehead atoms. The first kappa shape index (κ1) is 18.9. The molecule has 126 valence electrons. The van der Waals surface area contributed by atoms with Gasteiger partial charge >= 0.3 is 5.97 Å². The lowest BCUT2D eigenvalue weighted by Crippen LogP contribution is -2.20. The Balaban J connectivity index is 3.46. The summed E-state index contributed by atoms with van der Waals surface area (Å²) in [6, 6.07) is 0.616. The van der Waals surface area contributed by atoms with Crippen molar-refractivity contribution in [2.45, 2.75) is 6.92 Å². The van der Waals surface area contributed by atoms with Crippen LogP contribution in [-0.4, -0.2) is 44.5 Å². The minimum Gasteiger partial charge on any atom is -0.492 e. The number of carbonyl (C=O) groups excluding carboxylic acids is 2. The van der Waals surface area contributed by atoms with Crippen molar-refractivity contribution in [1.82, 2.24) is 4.90 Å². The lowest BCUT2D eigenvalue weighted by molar-refractivity contribution is -0.138. The molecule has 0 aliphatic carbocycles. The quantitative estimate of drug-likeness (QED) is 0.198. The maximum absolute atomic E-state index is 13.6. The fraction of sp³-hybridized carbons (Fsp3) is 0.333. The summed E-state index contributed by atoms with van der Waals surface area (Å²) in [5.41, 5.74) is -0.768. The average Bonchev–Trinajstić information content (AvgIpc) is 2.48. The van der Waals surface area contributed by atoms with Gasteiger partial charge in [0.15, 0.2) is 11.6 Å². The van der Waals surface area contributed by atoms with Crippen LogP contribution in [0.25, 0.3) is 0 Å². The number of halogens is 3. The first-order valence-corrected chi connectivity index (χ1v) is 6.93. The van der Waals surface area contributed by atoms with Gasteiger partial charge in [-0.05, 0) is 13.0 Å². The van der Waals surface area contributed by atoms with E-state index in [1.165, 1.54) is 11.1 Å². The molecule has 0 radical (unpaired) electrons. The van der Waals surface area contributed by atoms with Crippen LogP contribution in [0.1, 0.15) is 17.3 Å². The highest BCUT2D eigenvalue weighted by Crippen LogP contribution is 2.34. The van der Waals surface area contributed by atoms with E-state index in [-0.39, 0.29) is 12.2 Å². The van der Waals surface area contributed by atoms with E-state index in [0.29, 0.717) is 6.07 Å². The zero-order valence-corrected chi connectivity index (χ0v) is 13.8. The van der Waals surface area contributed by atoms with Crippen molar-refractivity contribution in [2.75, 3.05) is 27.8 Å². The van der Waals surface area contributed by atoms with E-state index < -0.39 is 39.7 Å². The highest BCUT2D eigenvalue weighted by atomic mass is 35.5. The van der Waals surface area contributed by atoms with E-state index in [1.54, 1.807) is 21.0 Å². The van der Waals surface area contributed by atoms with Gasteiger partial charge in [-0.15, -0.1) is 0 Å². The first-order valence-electron chi connectivity index (χ1n) is 6.56. The highest BCUT2D eigenvalue weighted by Gasteiger charge is 2.28. The Morgan fingerprint density at radius 2 is 1.96 bits per heavy atom. The molecule has 0 heterocycles. The summed E-state index contributed by atoms with van der Waals surface area (Å²) in [5, 5.41) is -0.426. The summed E-state index contributed by atoms with van der Waals surface area (Å²) >= 11 is 5.90. The fourth-order valence-electron chi connectivity index (χ4n) is 1.74. The molecule has 0 aromatic heterocycles. The summed E-state index contributed by atoms with van der Waals surface area (Å²) in [4.78, 5) is 25.9. The number of methoxy groups -OCH3 is 1. The number of hydrogen-bond acceptors (Lipinski definition) is 5. The summed E-state index contributed by atoms with van der Waals surface area (Å²) in [6.45, 7) is 1.62. The Morgan fingerprint density at radius 3 is 2.43 bits per heavy atom. The molecule has 0 amide bonds. The van der Waals surface area contributed by atoms with Crippen LogP contribution < -0.4 is 4.74 Å². The molecule has 1 aromatic carbocycles. The number of ketones is 1. The van der Waals surface area contributed by atoms with Crippen LogP contribution in [0.2, 0.25) is 5.02 Å². The largest absolute Gasteiger partial charge is 0.492 e. The minimum absolute atomic E-state index is 0.0473. The van der Waals surface area contributed by atoms with Gasteiger partial charge in [-0.25, -0.2) is 9.18 Å². The van der Waals surface area contributed by atoms with Gasteiger partial charge < -0.3 is 14.4 Å². The van der Waals surface area contributed by atoms with Crippen molar-refractivity contribution in [3.63, 3.8) is 0 Å². The average molecular weight is 348 g/mol. The van der Waals surface area contributed by atoms with Crippen LogP contribution in [-0.2, 0) is 9.53 Å². The Labute approximate surface area is 137 Å². The van der Waals surface area contributed by atoms with Gasteiger partial charge in [-0.1, -0.05) is 11.6 Å². The van der Waals surface area contributed by atoms with Crippen molar-refractivity contribution in [3.8, 4) is 5.75 Å². The predicted molar refractivity (Wildman–Crippen MR) is 80.7 cm³/mol. The van der Waals surface area contributed by atoms with Crippen molar-refractivity contribution >= 4 is 23.4 Å². The molecule has 0 atom stereocenters. The first-order chi connectivity index (χ1) is 10.7. The van der Waals surface area contributed by atoms with Crippen LogP contribution in [0.5, 0.6) is 5.75 Å². The number of rotatable bonds is 6. The predicted octanol–water partition coefficient (Wildman–Crippen LogP) is 2.82. The number of benzene rings is 1. The number of nitrogens with zero attached hydrogens (tertiary/aromatic N) is 1. The Hall–Kier alpha value is -2.15. The molecule has 0 unspecified atom stereocenters. The topological polar surface area (TPSA) is 55.8 Å². The second-order valence-electron chi connectivity index (χ2n) is 4.62. The third-order valence-electron chi connectivity index (χ3n) is 2.69. The number of carbonyl (C=O) groups is 2. The normalized spacial score (nSPS) is 11.2. The van der Waals surface area contributed by atoms with Crippen LogP contribution in [0.4, 0.5) is 8.78 Å². The summed E-state index contributed by atoms with van der Waals surface area (Å²) in [5.74, 6) is -5.04. The molecule has 0 aliphatic rings. The van der Waals surface area contributed by atoms with E-state index in [2.05, 4.69) is 4.74 Å². The molecule has 0 fully saturated rings. The third kappa shape index (κ3) is 4.19. The van der Waals surface area contributed by atoms with E-state index in [9.17, 15) is 18.4 Å². The summed E-state index contributed by atoms with van der Waals surface area (Å²) in [7, 11) is 4.25. The van der Waals surface area contributed by atoms with Gasteiger partial charge in [0.1, 0.15) is 5.57 Å². The zero-order valence-electron chi connectivity index (χ0n) is 13.1. The number of esters is 1. The molecule has 1 aromatic rings. The van der Waals surface area contributed by atoms with Gasteiger partial charge in [0, 0.05) is 25.9 Å². The van der Waals surface area contributed by atoms with E-state index >= 15 is 0 Å². The van der Waals surface area contributed by atoms with Crippen LogP contribution in [0.15, 0.2) is 17.8 Å². The Bertz CT molecular complexity index is 659. The maximum Gasteiger partial charge on any atom is 0.343 e. The molecular weight excluding hydrogens is 332 g/mol. The van der Waals surface area contributed by atoms with Gasteiger partial charge in [-0.3, -0.25) is 4.79 Å². The van der Waals surface area contributed by atoms with Crippen molar-refractivity contribution < 1.29 is 27.8 Å². The molecular formula is C15H16ClF2NO4. The summed E-state index contributed by atoms with van der Waals surface area (Å²) in [6.07, 6.45) is 1.21. The SMILES string of the molecule is CCOC(=O)/C(=C/N(C)C)C(=O)c1cc(F)c(F)c(OC)c1Cl. The summed E-state index contributed by atoms with van der Waals surface area (Å²) < 4.78 is 36.7. The Kier molecular flexibility index (Phi) is 6.50. The van der Waals surface area contributed by atoms with Gasteiger partial charge in [0.2, 0.25) is 11.6 Å². The van der Waals surface area contributed by atoms with E-state index in [0.717, 1.165) is 7.11 Å². The molecule has 0 saturated carbocycles. The van der Waals surface area contributed by atoms with Crippen molar-refractivity contribution in [3.05, 3.63) is 40.1 Å². The smallest absolute Gasteiger partial charge is 0.343 e. The molecule has 23 heavy (non-hydrogen) atoms. The van der Waals surface area contributed by atoms with Crippen LogP contribution in [0, 0.1) is 11.6 Å². The van der Waals surface area contributed by atoms with Crippen molar-refractivity contribution in [2.24, 2.45) is 0 Å². The van der Waals surface area contributed by atoms with Gasteiger partial charge in [0.05, 0.1) is 18.7 Å². The monoisotopic (exact) mass is 347 g/mol.